The topological polar surface area (TPSA) is 79.2 Å². The molecule has 0 bridgehead atoms. The molecule has 0 unspecified atom stereocenters. The molecule has 134 valence electrons. The minimum Gasteiger partial charge on any atom is -0.394 e. The van der Waals surface area contributed by atoms with E-state index in [9.17, 15) is 4.79 Å². The first kappa shape index (κ1) is 17.6. The first-order chi connectivity index (χ1) is 12.0. The van der Waals surface area contributed by atoms with Gasteiger partial charge in [-0.2, -0.15) is 5.10 Å². The van der Waals surface area contributed by atoms with E-state index in [-0.39, 0.29) is 18.6 Å². The van der Waals surface area contributed by atoms with E-state index >= 15 is 0 Å². The second-order valence-electron chi connectivity index (χ2n) is 6.66. The third-order valence-corrected chi connectivity index (χ3v) is 4.95. The number of nitrogens with one attached hydrogen (secondary N) is 2. The fourth-order valence-corrected chi connectivity index (χ4v) is 3.35. The number of aromatic nitrogens is 2. The Hall–Kier alpha value is -2.18. The van der Waals surface area contributed by atoms with Crippen molar-refractivity contribution in [2.45, 2.75) is 52.7 Å². The molecule has 2 heterocycles. The van der Waals surface area contributed by atoms with Crippen LogP contribution < -0.4 is 10.6 Å². The highest BCUT2D eigenvalue weighted by Crippen LogP contribution is 2.26. The van der Waals surface area contributed by atoms with Crippen LogP contribution in [0.3, 0.4) is 0 Å². The van der Waals surface area contributed by atoms with Crippen LogP contribution in [-0.4, -0.2) is 27.4 Å². The van der Waals surface area contributed by atoms with Crippen molar-refractivity contribution in [2.24, 2.45) is 0 Å². The first-order valence-electron chi connectivity index (χ1n) is 8.79. The van der Waals surface area contributed by atoms with Gasteiger partial charge in [-0.3, -0.25) is 9.48 Å². The summed E-state index contributed by atoms with van der Waals surface area (Å²) in [6, 6.07) is 6.44. The van der Waals surface area contributed by atoms with Crippen LogP contribution in [-0.2, 0) is 24.3 Å². The minimum atomic E-state index is 0.0941. The number of rotatable bonds is 6. The highest BCUT2D eigenvalue weighted by Gasteiger charge is 2.17. The molecule has 1 aliphatic heterocycles. The number of aliphatic hydroxyl groups is 1. The Bertz CT molecular complexity index is 782. The highest BCUT2D eigenvalue weighted by atomic mass is 16.3. The number of aliphatic hydroxyl groups excluding tert-OH is 1. The van der Waals surface area contributed by atoms with E-state index in [0.29, 0.717) is 13.0 Å². The van der Waals surface area contributed by atoms with E-state index in [1.165, 1.54) is 16.7 Å². The number of carbonyl (C=O) groups is 1. The van der Waals surface area contributed by atoms with Gasteiger partial charge in [0.1, 0.15) is 0 Å². The Morgan fingerprint density at radius 3 is 2.92 bits per heavy atom. The Morgan fingerprint density at radius 1 is 1.36 bits per heavy atom. The molecule has 0 saturated heterocycles. The number of amides is 1. The van der Waals surface area contributed by atoms with Crippen LogP contribution in [0.25, 0.3) is 0 Å². The molecular formula is C19H26N4O2. The third kappa shape index (κ3) is 3.75. The van der Waals surface area contributed by atoms with Crippen LogP contribution in [0.4, 0.5) is 5.69 Å². The maximum absolute atomic E-state index is 11.5. The van der Waals surface area contributed by atoms with Crippen LogP contribution in [0, 0.1) is 13.8 Å². The lowest BCUT2D eigenvalue weighted by molar-refractivity contribution is -0.116. The van der Waals surface area contributed by atoms with Gasteiger partial charge in [-0.25, -0.2) is 0 Å². The van der Waals surface area contributed by atoms with Crippen molar-refractivity contribution in [1.29, 1.82) is 0 Å². The molecule has 1 aromatic heterocycles. The molecule has 1 aromatic carbocycles. The molecular weight excluding hydrogens is 316 g/mol. The molecule has 0 saturated carbocycles. The smallest absolute Gasteiger partial charge is 0.224 e. The Labute approximate surface area is 148 Å². The van der Waals surface area contributed by atoms with Crippen molar-refractivity contribution in [3.8, 4) is 0 Å². The normalized spacial score (nSPS) is 15.0. The van der Waals surface area contributed by atoms with Gasteiger partial charge in [0.05, 0.1) is 18.8 Å². The van der Waals surface area contributed by atoms with Crippen LogP contribution in [0.2, 0.25) is 0 Å². The summed E-state index contributed by atoms with van der Waals surface area (Å²) in [7, 11) is 0. The van der Waals surface area contributed by atoms with Crippen molar-refractivity contribution in [3.63, 3.8) is 0 Å². The van der Waals surface area contributed by atoms with Crippen molar-refractivity contribution in [3.05, 3.63) is 46.3 Å². The van der Waals surface area contributed by atoms with E-state index in [1.807, 2.05) is 24.6 Å². The van der Waals surface area contributed by atoms with E-state index in [4.69, 9.17) is 5.11 Å². The lowest BCUT2D eigenvalue weighted by Crippen LogP contribution is -2.21. The van der Waals surface area contributed by atoms with Crippen LogP contribution in [0.5, 0.6) is 0 Å². The number of benzene rings is 1. The van der Waals surface area contributed by atoms with Gasteiger partial charge in [0.25, 0.3) is 0 Å². The second-order valence-corrected chi connectivity index (χ2v) is 6.66. The summed E-state index contributed by atoms with van der Waals surface area (Å²) in [5.74, 6) is 0.0947. The van der Waals surface area contributed by atoms with Gasteiger partial charge in [0.15, 0.2) is 0 Å². The van der Waals surface area contributed by atoms with Gasteiger partial charge in [-0.15, -0.1) is 0 Å². The number of anilines is 1. The first-order valence-corrected chi connectivity index (χ1v) is 8.79. The van der Waals surface area contributed by atoms with Gasteiger partial charge < -0.3 is 15.7 Å². The number of carbonyl (C=O) groups excluding carboxylic acids is 1. The number of aryl methyl sites for hydroxylation is 2. The maximum atomic E-state index is 11.5. The van der Waals surface area contributed by atoms with E-state index in [0.717, 1.165) is 30.0 Å². The van der Waals surface area contributed by atoms with Crippen LogP contribution in [0.1, 0.15) is 47.5 Å². The molecule has 6 nitrogen and oxygen atoms in total. The van der Waals surface area contributed by atoms with E-state index in [2.05, 4.69) is 34.8 Å². The summed E-state index contributed by atoms with van der Waals surface area (Å²) in [6.07, 6.45) is 1.36. The third-order valence-electron chi connectivity index (χ3n) is 4.95. The van der Waals surface area contributed by atoms with Gasteiger partial charge in [-0.1, -0.05) is 12.1 Å². The SMILES string of the molecule is Cc1nn(CCO)c(C)c1CN[C@H](C)c1ccc2c(c1)CCC(=O)N2. The Kier molecular flexibility index (Phi) is 5.20. The van der Waals surface area contributed by atoms with Gasteiger partial charge in [0.2, 0.25) is 5.91 Å². The minimum absolute atomic E-state index is 0.0941. The molecule has 0 aliphatic carbocycles. The zero-order valence-corrected chi connectivity index (χ0v) is 15.1. The van der Waals surface area contributed by atoms with Gasteiger partial charge in [-0.05, 0) is 44.4 Å². The maximum Gasteiger partial charge on any atom is 0.224 e. The second kappa shape index (κ2) is 7.37. The summed E-state index contributed by atoms with van der Waals surface area (Å²) in [4.78, 5) is 11.5. The predicted molar refractivity (Wildman–Crippen MR) is 97.4 cm³/mol. The molecule has 0 spiro atoms. The van der Waals surface area contributed by atoms with Crippen LogP contribution >= 0.6 is 0 Å². The summed E-state index contributed by atoms with van der Waals surface area (Å²) >= 11 is 0. The quantitative estimate of drug-likeness (QED) is 0.752. The summed E-state index contributed by atoms with van der Waals surface area (Å²) < 4.78 is 1.86. The Balaban J connectivity index is 1.69. The monoisotopic (exact) mass is 342 g/mol. The molecule has 0 radical (unpaired) electrons. The van der Waals surface area contributed by atoms with Gasteiger partial charge >= 0.3 is 0 Å². The van der Waals surface area contributed by atoms with Gasteiger partial charge in [0, 0.05) is 36.0 Å². The molecule has 1 aliphatic rings. The zero-order chi connectivity index (χ0) is 18.0. The average molecular weight is 342 g/mol. The molecule has 6 heteroatoms. The van der Waals surface area contributed by atoms with Crippen molar-refractivity contribution < 1.29 is 9.90 Å². The number of hydrogen-bond acceptors (Lipinski definition) is 4. The molecule has 25 heavy (non-hydrogen) atoms. The fraction of sp³-hybridized carbons (Fsp3) is 0.474. The lowest BCUT2D eigenvalue weighted by atomic mass is 9.97. The molecule has 1 amide bonds. The Morgan fingerprint density at radius 2 is 2.16 bits per heavy atom. The molecule has 3 rings (SSSR count). The summed E-state index contributed by atoms with van der Waals surface area (Å²) in [6.45, 7) is 7.54. The predicted octanol–water partition coefficient (Wildman–Crippen LogP) is 2.23. The van der Waals surface area contributed by atoms with Crippen molar-refractivity contribution in [2.75, 3.05) is 11.9 Å². The lowest BCUT2D eigenvalue weighted by Gasteiger charge is -2.20. The fourth-order valence-electron chi connectivity index (χ4n) is 3.35. The number of hydrogen-bond donors (Lipinski definition) is 3. The molecule has 2 aromatic rings. The number of nitrogens with zero attached hydrogens (tertiary/aromatic N) is 2. The summed E-state index contributed by atoms with van der Waals surface area (Å²) in [5.41, 5.74) is 6.63. The zero-order valence-electron chi connectivity index (χ0n) is 15.1. The van der Waals surface area contributed by atoms with Crippen molar-refractivity contribution >= 4 is 11.6 Å². The van der Waals surface area contributed by atoms with E-state index in [1.54, 1.807) is 0 Å². The highest BCUT2D eigenvalue weighted by molar-refractivity contribution is 5.93. The van der Waals surface area contributed by atoms with Crippen molar-refractivity contribution in [1.82, 2.24) is 15.1 Å². The van der Waals surface area contributed by atoms with E-state index < -0.39 is 0 Å². The van der Waals surface area contributed by atoms with Crippen LogP contribution in [0.15, 0.2) is 18.2 Å². The molecule has 3 N–H and O–H groups in total. The standard InChI is InChI=1S/C19H26N4O2/c1-12(15-4-6-18-16(10-15)5-7-19(25)21-18)20-11-17-13(2)22-23(8-9-24)14(17)3/h4,6,10,12,20,24H,5,7-9,11H2,1-3H3,(H,21,25)/t12-/m1/s1. The summed E-state index contributed by atoms with van der Waals surface area (Å²) in [5, 5.41) is 20.1. The largest absolute Gasteiger partial charge is 0.394 e. The molecule has 0 fully saturated rings. The number of fused-ring (bicyclic) bond motifs is 1. The molecule has 1 atom stereocenters. The average Bonchev–Trinajstić information content (AvgIpc) is 2.86.